The number of halogens is 5. The molecule has 0 radical (unpaired) electrons. The van der Waals surface area contributed by atoms with E-state index in [0.717, 1.165) is 30.5 Å². The van der Waals surface area contributed by atoms with Crippen molar-refractivity contribution in [2.24, 2.45) is 0 Å². The number of aromatic nitrogens is 1. The highest BCUT2D eigenvalue weighted by atomic mass is 35.5. The molecule has 1 heterocycles. The van der Waals surface area contributed by atoms with Crippen molar-refractivity contribution in [3.05, 3.63) is 70.0 Å². The summed E-state index contributed by atoms with van der Waals surface area (Å²) in [5.41, 5.74) is -0.125. The molecule has 1 aromatic heterocycles. The molecule has 0 bridgehead atoms. The number of alkyl halides is 3. The van der Waals surface area contributed by atoms with Gasteiger partial charge in [-0.1, -0.05) is 23.2 Å². The van der Waals surface area contributed by atoms with Gasteiger partial charge in [-0.05, 0) is 42.5 Å². The Morgan fingerprint density at radius 1 is 1.04 bits per heavy atom. The van der Waals surface area contributed by atoms with Crippen LogP contribution in [0, 0.1) is 0 Å². The van der Waals surface area contributed by atoms with Crippen molar-refractivity contribution in [2.45, 2.75) is 6.18 Å². The van der Waals surface area contributed by atoms with Gasteiger partial charge in [0, 0.05) is 11.3 Å². The second-order valence-corrected chi connectivity index (χ2v) is 6.01. The topological polar surface area (TPSA) is 55.1 Å². The molecule has 9 heteroatoms. The van der Waals surface area contributed by atoms with Gasteiger partial charge in [-0.3, -0.25) is 4.79 Å². The van der Waals surface area contributed by atoms with Crippen LogP contribution in [0.4, 0.5) is 18.9 Å². The Balaban J connectivity index is 1.75. The maximum Gasteiger partial charge on any atom is 0.416 e. The predicted molar refractivity (Wildman–Crippen MR) is 91.4 cm³/mol. The van der Waals surface area contributed by atoms with E-state index in [0.29, 0.717) is 15.6 Å². The van der Waals surface area contributed by atoms with E-state index in [1.165, 1.54) is 6.07 Å². The number of nitrogens with one attached hydrogen (secondary N) is 1. The lowest BCUT2D eigenvalue weighted by Crippen LogP contribution is -2.12. The van der Waals surface area contributed by atoms with Crippen molar-refractivity contribution >= 4 is 34.8 Å². The summed E-state index contributed by atoms with van der Waals surface area (Å²) in [5.74, 6) is -0.471. The Bertz CT molecular complexity index is 953. The summed E-state index contributed by atoms with van der Waals surface area (Å²) in [6.45, 7) is 0. The molecule has 1 amide bonds. The maximum absolute atomic E-state index is 12.5. The number of hydrogen-bond acceptors (Lipinski definition) is 3. The molecule has 0 spiro atoms. The molecular formula is C17H9Cl2F3N2O2. The summed E-state index contributed by atoms with van der Waals surface area (Å²) < 4.78 is 42.9. The van der Waals surface area contributed by atoms with Gasteiger partial charge in [-0.15, -0.1) is 0 Å². The molecule has 0 aliphatic carbocycles. The van der Waals surface area contributed by atoms with Crippen LogP contribution in [-0.2, 0) is 6.18 Å². The summed E-state index contributed by atoms with van der Waals surface area (Å²) in [6.07, 6.45) is -3.30. The number of nitrogens with zero attached hydrogens (tertiary/aromatic N) is 1. The van der Waals surface area contributed by atoms with Crippen LogP contribution < -0.4 is 5.32 Å². The summed E-state index contributed by atoms with van der Waals surface area (Å²) in [5, 5.41) is 3.11. The lowest BCUT2D eigenvalue weighted by molar-refractivity contribution is -0.137. The van der Waals surface area contributed by atoms with E-state index in [2.05, 4.69) is 10.3 Å². The maximum atomic E-state index is 12.5. The summed E-state index contributed by atoms with van der Waals surface area (Å²) >= 11 is 11.8. The summed E-state index contributed by atoms with van der Waals surface area (Å²) in [6, 6.07) is 8.77. The van der Waals surface area contributed by atoms with E-state index in [9.17, 15) is 18.0 Å². The van der Waals surface area contributed by atoms with Crippen LogP contribution in [0.2, 0.25) is 10.0 Å². The monoisotopic (exact) mass is 400 g/mol. The van der Waals surface area contributed by atoms with Crippen LogP contribution in [0.3, 0.4) is 0 Å². The minimum absolute atomic E-state index is 0.0361. The molecule has 0 aliphatic heterocycles. The first-order chi connectivity index (χ1) is 12.2. The van der Waals surface area contributed by atoms with Gasteiger partial charge in [-0.2, -0.15) is 13.2 Å². The fourth-order valence-electron chi connectivity index (χ4n) is 2.08. The van der Waals surface area contributed by atoms with E-state index < -0.39 is 17.6 Å². The van der Waals surface area contributed by atoms with Gasteiger partial charge >= 0.3 is 6.18 Å². The molecule has 0 saturated carbocycles. The number of carbonyl (C=O) groups is 1. The van der Waals surface area contributed by atoms with Crippen LogP contribution in [-0.4, -0.2) is 10.9 Å². The molecule has 0 unspecified atom stereocenters. The van der Waals surface area contributed by atoms with E-state index in [1.807, 2.05) is 0 Å². The summed E-state index contributed by atoms with van der Waals surface area (Å²) in [7, 11) is 0. The molecule has 0 fully saturated rings. The Morgan fingerprint density at radius 2 is 1.73 bits per heavy atom. The fourth-order valence-corrected chi connectivity index (χ4v) is 2.38. The number of benzene rings is 2. The Morgan fingerprint density at radius 3 is 2.35 bits per heavy atom. The second kappa shape index (κ2) is 7.01. The molecule has 0 atom stereocenters. The lowest BCUT2D eigenvalue weighted by Gasteiger charge is -2.07. The van der Waals surface area contributed by atoms with E-state index >= 15 is 0 Å². The average Bonchev–Trinajstić information content (AvgIpc) is 3.07. The normalized spacial score (nSPS) is 11.4. The minimum Gasteiger partial charge on any atom is -0.444 e. The first-order valence-electron chi connectivity index (χ1n) is 7.13. The Labute approximate surface area is 155 Å². The number of amides is 1. The quantitative estimate of drug-likeness (QED) is 0.593. The zero-order valence-electron chi connectivity index (χ0n) is 12.8. The highest BCUT2D eigenvalue weighted by Gasteiger charge is 2.30. The van der Waals surface area contributed by atoms with E-state index in [4.69, 9.17) is 27.6 Å². The van der Waals surface area contributed by atoms with Crippen molar-refractivity contribution in [1.29, 1.82) is 0 Å². The highest BCUT2D eigenvalue weighted by Crippen LogP contribution is 2.30. The van der Waals surface area contributed by atoms with Gasteiger partial charge in [0.2, 0.25) is 5.89 Å². The van der Waals surface area contributed by atoms with Crippen molar-refractivity contribution in [3.8, 4) is 11.5 Å². The Hall–Kier alpha value is -2.51. The molecule has 2 aromatic carbocycles. The molecule has 134 valence electrons. The third-order valence-corrected chi connectivity index (χ3v) is 4.11. The van der Waals surface area contributed by atoms with Crippen LogP contribution in [0.5, 0.6) is 0 Å². The zero-order valence-corrected chi connectivity index (χ0v) is 14.3. The minimum atomic E-state index is -4.44. The highest BCUT2D eigenvalue weighted by molar-refractivity contribution is 6.42. The van der Waals surface area contributed by atoms with Crippen LogP contribution in [0.25, 0.3) is 11.5 Å². The van der Waals surface area contributed by atoms with Crippen molar-refractivity contribution < 1.29 is 22.4 Å². The first-order valence-corrected chi connectivity index (χ1v) is 7.89. The smallest absolute Gasteiger partial charge is 0.416 e. The molecule has 26 heavy (non-hydrogen) atoms. The van der Waals surface area contributed by atoms with Crippen LogP contribution in [0.15, 0.2) is 53.1 Å². The van der Waals surface area contributed by atoms with Crippen molar-refractivity contribution in [2.75, 3.05) is 5.32 Å². The van der Waals surface area contributed by atoms with Gasteiger partial charge in [0.25, 0.3) is 5.91 Å². The van der Waals surface area contributed by atoms with Gasteiger partial charge in [0.15, 0.2) is 5.69 Å². The average molecular weight is 401 g/mol. The molecular weight excluding hydrogens is 392 g/mol. The number of rotatable bonds is 3. The van der Waals surface area contributed by atoms with Crippen molar-refractivity contribution in [1.82, 2.24) is 4.98 Å². The molecule has 0 aliphatic rings. The van der Waals surface area contributed by atoms with Gasteiger partial charge < -0.3 is 9.73 Å². The van der Waals surface area contributed by atoms with Crippen LogP contribution in [0.1, 0.15) is 16.1 Å². The third kappa shape index (κ3) is 4.00. The number of carbonyl (C=O) groups excluding carboxylic acids is 1. The van der Waals surface area contributed by atoms with Gasteiger partial charge in [0.05, 0.1) is 15.6 Å². The molecule has 1 N–H and O–H groups in total. The lowest BCUT2D eigenvalue weighted by atomic mass is 10.2. The molecule has 3 rings (SSSR count). The van der Waals surface area contributed by atoms with Crippen LogP contribution >= 0.6 is 23.2 Å². The van der Waals surface area contributed by atoms with Gasteiger partial charge in [0.1, 0.15) is 6.26 Å². The molecule has 0 saturated heterocycles. The van der Waals surface area contributed by atoms with Gasteiger partial charge in [-0.25, -0.2) is 4.98 Å². The largest absolute Gasteiger partial charge is 0.444 e. The molecule has 3 aromatic rings. The fraction of sp³-hybridized carbons (Fsp3) is 0.0588. The standard InChI is InChI=1S/C17H9Cl2F3N2O2/c18-12-6-1-9(7-13(12)19)16-24-14(8-26-16)15(25)23-11-4-2-10(3-5-11)17(20,21)22/h1-8H,(H,23,25). The number of oxazole rings is 1. The van der Waals surface area contributed by atoms with Crippen molar-refractivity contribution in [3.63, 3.8) is 0 Å². The summed E-state index contributed by atoms with van der Waals surface area (Å²) in [4.78, 5) is 16.2. The SMILES string of the molecule is O=C(Nc1ccc(C(F)(F)F)cc1)c1coc(-c2ccc(Cl)c(Cl)c2)n1. The Kier molecular flexibility index (Phi) is 4.93. The number of anilines is 1. The first kappa shape index (κ1) is 18.3. The van der Waals surface area contributed by atoms with E-state index in [-0.39, 0.29) is 17.3 Å². The third-order valence-electron chi connectivity index (χ3n) is 3.37. The predicted octanol–water partition coefficient (Wildman–Crippen LogP) is 5.92. The van der Waals surface area contributed by atoms with E-state index in [1.54, 1.807) is 12.1 Å². The number of hydrogen-bond donors (Lipinski definition) is 1. The second-order valence-electron chi connectivity index (χ2n) is 5.20. The molecule has 4 nitrogen and oxygen atoms in total. The zero-order chi connectivity index (χ0) is 18.9.